The Hall–Kier alpha value is -3.61. The number of anilines is 1. The molecule has 7 heteroatoms. The summed E-state index contributed by atoms with van der Waals surface area (Å²) in [5.41, 5.74) is 2.09. The van der Waals surface area contributed by atoms with Gasteiger partial charge in [-0.15, -0.1) is 0 Å². The number of halogens is 2. The maximum Gasteiger partial charge on any atom is 0.258 e. The summed E-state index contributed by atoms with van der Waals surface area (Å²) in [4.78, 5) is 14.8. The minimum atomic E-state index is -0.788. The molecule has 2 aliphatic heterocycles. The Bertz CT molecular complexity index is 1120. The van der Waals surface area contributed by atoms with Crippen LogP contribution in [0.4, 0.5) is 14.5 Å². The summed E-state index contributed by atoms with van der Waals surface area (Å²) in [5.74, 6) is -0.389. The van der Waals surface area contributed by atoms with Crippen LogP contribution in [0.1, 0.15) is 27.7 Å². The molecular weight excluding hydrogens is 378 g/mol. The topological polar surface area (TPSA) is 50.8 Å². The molecule has 0 saturated carbocycles. The van der Waals surface area contributed by atoms with Crippen molar-refractivity contribution in [2.24, 2.45) is 0 Å². The predicted molar refractivity (Wildman–Crippen MR) is 102 cm³/mol. The van der Waals surface area contributed by atoms with Crippen LogP contribution in [0.5, 0.6) is 11.5 Å². The zero-order valence-electron chi connectivity index (χ0n) is 15.2. The number of rotatable bonds is 3. The number of carbonyl (C=O) groups is 1. The van der Waals surface area contributed by atoms with E-state index in [-0.39, 0.29) is 24.8 Å². The minimum Gasteiger partial charge on any atom is -0.454 e. The Balaban J connectivity index is 1.56. The molecule has 5 nitrogen and oxygen atoms in total. The third-order valence-electron chi connectivity index (χ3n) is 5.07. The molecule has 29 heavy (non-hydrogen) atoms. The van der Waals surface area contributed by atoms with E-state index in [4.69, 9.17) is 9.47 Å². The Morgan fingerprint density at radius 3 is 2.69 bits per heavy atom. The molecule has 0 unspecified atom stereocenters. The molecule has 1 atom stereocenters. The smallest absolute Gasteiger partial charge is 0.258 e. The normalized spacial score (nSPS) is 17.1. The van der Waals surface area contributed by atoms with Crippen molar-refractivity contribution in [3.8, 4) is 11.5 Å². The lowest BCUT2D eigenvalue weighted by Crippen LogP contribution is -2.42. The monoisotopic (exact) mass is 394 g/mol. The van der Waals surface area contributed by atoms with Gasteiger partial charge in [-0.1, -0.05) is 18.2 Å². The fourth-order valence-electron chi connectivity index (χ4n) is 3.66. The van der Waals surface area contributed by atoms with Crippen LogP contribution in [-0.2, 0) is 6.54 Å². The number of benzene rings is 3. The molecule has 1 amide bonds. The molecule has 0 spiro atoms. The van der Waals surface area contributed by atoms with E-state index in [1.54, 1.807) is 36.4 Å². The van der Waals surface area contributed by atoms with Gasteiger partial charge in [-0.05, 0) is 42.0 Å². The van der Waals surface area contributed by atoms with E-state index >= 15 is 0 Å². The van der Waals surface area contributed by atoms with Crippen LogP contribution in [0.15, 0.2) is 60.7 Å². The van der Waals surface area contributed by atoms with Crippen molar-refractivity contribution in [3.63, 3.8) is 0 Å². The molecule has 0 bridgehead atoms. The van der Waals surface area contributed by atoms with Gasteiger partial charge < -0.3 is 19.7 Å². The van der Waals surface area contributed by atoms with E-state index in [0.717, 1.165) is 11.6 Å². The van der Waals surface area contributed by atoms with Gasteiger partial charge in [0, 0.05) is 23.9 Å². The number of hydrogen-bond acceptors (Lipinski definition) is 4. The largest absolute Gasteiger partial charge is 0.454 e. The summed E-state index contributed by atoms with van der Waals surface area (Å²) in [7, 11) is 0. The molecule has 146 valence electrons. The van der Waals surface area contributed by atoms with Gasteiger partial charge in [0.2, 0.25) is 6.79 Å². The van der Waals surface area contributed by atoms with Crippen molar-refractivity contribution in [1.29, 1.82) is 0 Å². The molecule has 3 aromatic rings. The second-order valence-corrected chi connectivity index (χ2v) is 6.88. The van der Waals surface area contributed by atoms with Crippen LogP contribution >= 0.6 is 0 Å². The summed E-state index contributed by atoms with van der Waals surface area (Å²) < 4.78 is 38.8. The molecule has 2 aliphatic rings. The van der Waals surface area contributed by atoms with Crippen LogP contribution in [0.25, 0.3) is 0 Å². The predicted octanol–water partition coefficient (Wildman–Crippen LogP) is 4.46. The molecule has 5 rings (SSSR count). The maximum atomic E-state index is 14.6. The third kappa shape index (κ3) is 3.04. The highest BCUT2D eigenvalue weighted by Crippen LogP contribution is 2.37. The van der Waals surface area contributed by atoms with Crippen LogP contribution in [0, 0.1) is 11.6 Å². The molecule has 2 heterocycles. The third-order valence-corrected chi connectivity index (χ3v) is 5.07. The van der Waals surface area contributed by atoms with E-state index in [9.17, 15) is 13.6 Å². The SMILES string of the molecule is O=C1c2ccccc2N[C@@H](c2ccc(F)cc2F)N1Cc1ccc2c(c1)OCO2. The van der Waals surface area contributed by atoms with Crippen molar-refractivity contribution >= 4 is 11.6 Å². The van der Waals surface area contributed by atoms with E-state index in [0.29, 0.717) is 22.7 Å². The number of carbonyl (C=O) groups excluding carboxylic acids is 1. The van der Waals surface area contributed by atoms with E-state index in [2.05, 4.69) is 5.32 Å². The lowest BCUT2D eigenvalue weighted by atomic mass is 10.0. The highest BCUT2D eigenvalue weighted by atomic mass is 19.1. The van der Waals surface area contributed by atoms with E-state index in [1.807, 2.05) is 6.07 Å². The molecule has 0 saturated heterocycles. The van der Waals surface area contributed by atoms with Crippen LogP contribution in [-0.4, -0.2) is 17.6 Å². The number of para-hydroxylation sites is 1. The highest BCUT2D eigenvalue weighted by molar-refractivity contribution is 6.01. The van der Waals surface area contributed by atoms with Crippen molar-refractivity contribution in [1.82, 2.24) is 4.90 Å². The first-order valence-electron chi connectivity index (χ1n) is 9.10. The summed E-state index contributed by atoms with van der Waals surface area (Å²) in [6.45, 7) is 0.359. The highest BCUT2D eigenvalue weighted by Gasteiger charge is 2.34. The number of nitrogens with one attached hydrogen (secondary N) is 1. The minimum absolute atomic E-state index is 0.153. The molecule has 3 aromatic carbocycles. The molecule has 0 radical (unpaired) electrons. The Morgan fingerprint density at radius 2 is 1.83 bits per heavy atom. The quantitative estimate of drug-likeness (QED) is 0.713. The maximum absolute atomic E-state index is 14.6. The fourth-order valence-corrected chi connectivity index (χ4v) is 3.66. The summed E-state index contributed by atoms with van der Waals surface area (Å²) in [6.07, 6.45) is -0.788. The van der Waals surface area contributed by atoms with Gasteiger partial charge in [-0.3, -0.25) is 4.79 Å². The average molecular weight is 394 g/mol. The summed E-state index contributed by atoms with van der Waals surface area (Å²) in [6, 6.07) is 15.8. The van der Waals surface area contributed by atoms with Crippen molar-refractivity contribution < 1.29 is 23.0 Å². The number of ether oxygens (including phenoxy) is 2. The second kappa shape index (κ2) is 6.77. The molecular formula is C22H16F2N2O3. The van der Waals surface area contributed by atoms with E-state index < -0.39 is 17.8 Å². The number of nitrogens with zero attached hydrogens (tertiary/aromatic N) is 1. The Morgan fingerprint density at radius 1 is 1.00 bits per heavy atom. The summed E-state index contributed by atoms with van der Waals surface area (Å²) in [5, 5.41) is 3.21. The first-order valence-corrected chi connectivity index (χ1v) is 9.10. The van der Waals surface area contributed by atoms with Crippen molar-refractivity contribution in [3.05, 3.63) is 89.0 Å². The Kier molecular flexibility index (Phi) is 4.08. The molecule has 0 aliphatic carbocycles. The molecule has 1 N–H and O–H groups in total. The Labute approximate surface area is 165 Å². The van der Waals surface area contributed by atoms with E-state index in [1.165, 1.54) is 17.0 Å². The number of amides is 1. The van der Waals surface area contributed by atoms with Crippen LogP contribution < -0.4 is 14.8 Å². The van der Waals surface area contributed by atoms with Gasteiger partial charge in [-0.25, -0.2) is 8.78 Å². The lowest BCUT2D eigenvalue weighted by Gasteiger charge is -2.38. The van der Waals surface area contributed by atoms with Crippen LogP contribution in [0.3, 0.4) is 0 Å². The van der Waals surface area contributed by atoms with Gasteiger partial charge in [0.15, 0.2) is 11.5 Å². The van der Waals surface area contributed by atoms with Crippen LogP contribution in [0.2, 0.25) is 0 Å². The first kappa shape index (κ1) is 17.5. The molecule has 0 aromatic heterocycles. The van der Waals surface area contributed by atoms with Crippen molar-refractivity contribution in [2.75, 3.05) is 12.1 Å². The number of hydrogen-bond donors (Lipinski definition) is 1. The van der Waals surface area contributed by atoms with Gasteiger partial charge in [-0.2, -0.15) is 0 Å². The first-order chi connectivity index (χ1) is 14.1. The number of fused-ring (bicyclic) bond motifs is 2. The van der Waals surface area contributed by atoms with Gasteiger partial charge >= 0.3 is 0 Å². The summed E-state index contributed by atoms with van der Waals surface area (Å²) >= 11 is 0. The fraction of sp³-hybridized carbons (Fsp3) is 0.136. The standard InChI is InChI=1S/C22H16F2N2O3/c23-14-6-7-15(17(24)10-14)21-25-18-4-2-1-3-16(18)22(27)26(21)11-13-5-8-19-20(9-13)29-12-28-19/h1-10,21,25H,11-12H2/t21-/m1/s1. The molecule has 0 fully saturated rings. The average Bonchev–Trinajstić information content (AvgIpc) is 3.18. The second-order valence-electron chi connectivity index (χ2n) is 6.88. The lowest BCUT2D eigenvalue weighted by molar-refractivity contribution is 0.0663. The van der Waals surface area contributed by atoms with Gasteiger partial charge in [0.25, 0.3) is 5.91 Å². The van der Waals surface area contributed by atoms with Crippen molar-refractivity contribution in [2.45, 2.75) is 12.7 Å². The van der Waals surface area contributed by atoms with Gasteiger partial charge in [0.05, 0.1) is 5.56 Å². The zero-order chi connectivity index (χ0) is 20.0. The zero-order valence-corrected chi connectivity index (χ0v) is 15.2. The van der Waals surface area contributed by atoms with Gasteiger partial charge in [0.1, 0.15) is 17.8 Å².